The predicted molar refractivity (Wildman–Crippen MR) is 71.6 cm³/mol. The summed E-state index contributed by atoms with van der Waals surface area (Å²) in [5.74, 6) is -1.45. The third-order valence-electron chi connectivity index (χ3n) is 2.51. The lowest BCUT2D eigenvalue weighted by atomic mass is 10.2. The highest BCUT2D eigenvalue weighted by Gasteiger charge is 2.10. The lowest BCUT2D eigenvalue weighted by Crippen LogP contribution is -2.23. The molecule has 0 bridgehead atoms. The molecule has 0 aromatic carbocycles. The summed E-state index contributed by atoms with van der Waals surface area (Å²) in [5, 5.41) is 11.7. The fourth-order valence-electron chi connectivity index (χ4n) is 1.48. The maximum Gasteiger partial charge on any atom is 0.354 e. The van der Waals surface area contributed by atoms with E-state index in [1.54, 1.807) is 6.07 Å². The van der Waals surface area contributed by atoms with E-state index in [-0.39, 0.29) is 23.7 Å². The smallest absolute Gasteiger partial charge is 0.354 e. The molecule has 0 unspecified atom stereocenters. The van der Waals surface area contributed by atoms with Crippen molar-refractivity contribution in [1.29, 1.82) is 0 Å². The molecule has 0 spiro atoms. The van der Waals surface area contributed by atoms with Gasteiger partial charge in [-0.2, -0.15) is 0 Å². The fraction of sp³-hybridized carbons (Fsp3) is 0.0769. The van der Waals surface area contributed by atoms with Gasteiger partial charge in [-0.15, -0.1) is 0 Å². The van der Waals surface area contributed by atoms with Crippen LogP contribution in [0.5, 0.6) is 0 Å². The Balaban J connectivity index is 2.00. The first-order chi connectivity index (χ1) is 9.58. The molecule has 0 fully saturated rings. The molecule has 2 aromatic rings. The Hall–Kier alpha value is -2.47. The minimum atomic E-state index is -1.09. The SMILES string of the molecule is O=C(O)c1ccc(CNC(=O)c2cnccc2Cl)cn1. The number of pyridine rings is 2. The molecule has 20 heavy (non-hydrogen) atoms. The van der Waals surface area contributed by atoms with E-state index in [2.05, 4.69) is 15.3 Å². The van der Waals surface area contributed by atoms with E-state index in [4.69, 9.17) is 16.7 Å². The summed E-state index contributed by atoms with van der Waals surface area (Å²) in [5.41, 5.74) is 0.919. The van der Waals surface area contributed by atoms with E-state index in [1.807, 2.05) is 0 Å². The molecule has 102 valence electrons. The predicted octanol–water partition coefficient (Wildman–Crippen LogP) is 1.76. The Kier molecular flexibility index (Phi) is 4.27. The van der Waals surface area contributed by atoms with E-state index in [9.17, 15) is 9.59 Å². The third-order valence-corrected chi connectivity index (χ3v) is 2.84. The summed E-state index contributed by atoms with van der Waals surface area (Å²) >= 11 is 5.88. The molecule has 1 amide bonds. The second-order valence-electron chi connectivity index (χ2n) is 3.90. The number of carbonyl (C=O) groups is 2. The number of carboxylic acids is 1. The number of aromatic nitrogens is 2. The van der Waals surface area contributed by atoms with Crippen molar-refractivity contribution in [2.24, 2.45) is 0 Å². The summed E-state index contributed by atoms with van der Waals surface area (Å²) in [6.45, 7) is 0.219. The van der Waals surface area contributed by atoms with Crippen LogP contribution in [0.2, 0.25) is 5.02 Å². The summed E-state index contributed by atoms with van der Waals surface area (Å²) in [4.78, 5) is 30.1. The summed E-state index contributed by atoms with van der Waals surface area (Å²) in [7, 11) is 0. The quantitative estimate of drug-likeness (QED) is 0.895. The van der Waals surface area contributed by atoms with Crippen LogP contribution in [-0.2, 0) is 6.54 Å². The minimum absolute atomic E-state index is 0.0459. The Morgan fingerprint density at radius 1 is 1.25 bits per heavy atom. The van der Waals surface area contributed by atoms with Crippen LogP contribution in [0.4, 0.5) is 0 Å². The number of nitrogens with one attached hydrogen (secondary N) is 1. The number of carbonyl (C=O) groups excluding carboxylic acids is 1. The number of rotatable bonds is 4. The number of hydrogen-bond acceptors (Lipinski definition) is 4. The van der Waals surface area contributed by atoms with Crippen molar-refractivity contribution in [1.82, 2.24) is 15.3 Å². The molecule has 7 heteroatoms. The van der Waals surface area contributed by atoms with Gasteiger partial charge in [-0.05, 0) is 17.7 Å². The van der Waals surface area contributed by atoms with Gasteiger partial charge >= 0.3 is 5.97 Å². The highest BCUT2D eigenvalue weighted by molar-refractivity contribution is 6.33. The second kappa shape index (κ2) is 6.12. The van der Waals surface area contributed by atoms with Crippen LogP contribution >= 0.6 is 11.6 Å². The van der Waals surface area contributed by atoms with Crippen LogP contribution in [-0.4, -0.2) is 27.0 Å². The fourth-order valence-corrected chi connectivity index (χ4v) is 1.67. The van der Waals surface area contributed by atoms with Crippen LogP contribution in [0, 0.1) is 0 Å². The third kappa shape index (κ3) is 3.30. The monoisotopic (exact) mass is 291 g/mol. The first kappa shape index (κ1) is 14.0. The van der Waals surface area contributed by atoms with Gasteiger partial charge < -0.3 is 10.4 Å². The first-order valence-electron chi connectivity index (χ1n) is 5.64. The number of aromatic carboxylic acids is 1. The van der Waals surface area contributed by atoms with E-state index >= 15 is 0 Å². The first-order valence-corrected chi connectivity index (χ1v) is 6.01. The van der Waals surface area contributed by atoms with E-state index in [0.29, 0.717) is 10.6 Å². The maximum atomic E-state index is 11.9. The zero-order valence-corrected chi connectivity index (χ0v) is 11.0. The Labute approximate surface area is 119 Å². The van der Waals surface area contributed by atoms with Gasteiger partial charge in [0.15, 0.2) is 0 Å². The van der Waals surface area contributed by atoms with Gasteiger partial charge in [-0.25, -0.2) is 9.78 Å². The average Bonchev–Trinajstić information content (AvgIpc) is 2.45. The largest absolute Gasteiger partial charge is 0.477 e. The molecule has 6 nitrogen and oxygen atoms in total. The van der Waals surface area contributed by atoms with Crippen molar-refractivity contribution in [3.8, 4) is 0 Å². The van der Waals surface area contributed by atoms with Crippen molar-refractivity contribution >= 4 is 23.5 Å². The number of amides is 1. The van der Waals surface area contributed by atoms with Gasteiger partial charge in [-0.3, -0.25) is 9.78 Å². The second-order valence-corrected chi connectivity index (χ2v) is 4.30. The van der Waals surface area contributed by atoms with Crippen LogP contribution in [0.25, 0.3) is 0 Å². The molecule has 0 aliphatic heterocycles. The number of carboxylic acid groups (broad SMARTS) is 1. The molecule has 2 aromatic heterocycles. The molecule has 0 radical (unpaired) electrons. The molecule has 0 aliphatic rings. The normalized spacial score (nSPS) is 10.1. The summed E-state index contributed by atoms with van der Waals surface area (Å²) < 4.78 is 0. The summed E-state index contributed by atoms with van der Waals surface area (Å²) in [6, 6.07) is 4.49. The van der Waals surface area contributed by atoms with Crippen LogP contribution in [0.15, 0.2) is 36.8 Å². The summed E-state index contributed by atoms with van der Waals surface area (Å²) in [6.07, 6.45) is 4.27. The standard InChI is InChI=1S/C13H10ClN3O3/c14-10-3-4-15-7-9(10)12(18)17-6-8-1-2-11(13(19)20)16-5-8/h1-5,7H,6H2,(H,17,18)(H,19,20). The molecule has 2 N–H and O–H groups in total. The van der Waals surface area contributed by atoms with E-state index in [0.717, 1.165) is 0 Å². The van der Waals surface area contributed by atoms with E-state index < -0.39 is 5.97 Å². The maximum absolute atomic E-state index is 11.9. The Bertz CT molecular complexity index is 644. The van der Waals surface area contributed by atoms with Crippen molar-refractivity contribution in [3.63, 3.8) is 0 Å². The molecule has 0 saturated heterocycles. The van der Waals surface area contributed by atoms with Crippen LogP contribution < -0.4 is 5.32 Å². The highest BCUT2D eigenvalue weighted by Crippen LogP contribution is 2.13. The van der Waals surface area contributed by atoms with Gasteiger partial charge in [0.25, 0.3) is 5.91 Å². The molecular weight excluding hydrogens is 282 g/mol. The lowest BCUT2D eigenvalue weighted by Gasteiger charge is -2.06. The van der Waals surface area contributed by atoms with Crippen molar-refractivity contribution < 1.29 is 14.7 Å². The number of halogens is 1. The highest BCUT2D eigenvalue weighted by atomic mass is 35.5. The lowest BCUT2D eigenvalue weighted by molar-refractivity contribution is 0.0690. The topological polar surface area (TPSA) is 92.2 Å². The number of nitrogens with zero attached hydrogens (tertiary/aromatic N) is 2. The number of hydrogen-bond donors (Lipinski definition) is 2. The van der Waals surface area contributed by atoms with E-state index in [1.165, 1.54) is 30.7 Å². The van der Waals surface area contributed by atoms with Crippen molar-refractivity contribution in [3.05, 3.63) is 58.6 Å². The molecule has 2 heterocycles. The van der Waals surface area contributed by atoms with Gasteiger partial charge in [0.2, 0.25) is 0 Å². The zero-order valence-electron chi connectivity index (χ0n) is 10.2. The molecular formula is C13H10ClN3O3. The van der Waals surface area contributed by atoms with Crippen LogP contribution in [0.1, 0.15) is 26.4 Å². The Morgan fingerprint density at radius 3 is 2.65 bits per heavy atom. The van der Waals surface area contributed by atoms with Crippen LogP contribution in [0.3, 0.4) is 0 Å². The van der Waals surface area contributed by atoms with Gasteiger partial charge in [0.05, 0.1) is 10.6 Å². The Morgan fingerprint density at radius 2 is 2.05 bits per heavy atom. The molecule has 0 atom stereocenters. The van der Waals surface area contributed by atoms with Crippen molar-refractivity contribution in [2.45, 2.75) is 6.54 Å². The van der Waals surface area contributed by atoms with Gasteiger partial charge in [-0.1, -0.05) is 17.7 Å². The zero-order chi connectivity index (χ0) is 14.5. The molecule has 0 aliphatic carbocycles. The van der Waals surface area contributed by atoms with Crippen molar-refractivity contribution in [2.75, 3.05) is 0 Å². The molecule has 0 saturated carbocycles. The average molecular weight is 292 g/mol. The molecule has 2 rings (SSSR count). The van der Waals surface area contributed by atoms with Gasteiger partial charge in [0.1, 0.15) is 5.69 Å². The van der Waals surface area contributed by atoms with Gasteiger partial charge in [0, 0.05) is 25.1 Å². The minimum Gasteiger partial charge on any atom is -0.477 e.